The summed E-state index contributed by atoms with van der Waals surface area (Å²) in [5, 5.41) is 14.1. The monoisotopic (exact) mass is 491 g/mol. The molecule has 186 valence electrons. The molecule has 1 aromatic heterocycles. The Morgan fingerprint density at radius 1 is 1.06 bits per heavy atom. The number of ether oxygens (including phenoxy) is 1. The molecule has 9 heteroatoms. The van der Waals surface area contributed by atoms with E-state index in [9.17, 15) is 13.6 Å². The van der Waals surface area contributed by atoms with Crippen molar-refractivity contribution < 1.29 is 18.3 Å². The highest BCUT2D eigenvalue weighted by Gasteiger charge is 2.17. The first-order valence-corrected chi connectivity index (χ1v) is 11.9. The zero-order chi connectivity index (χ0) is 25.1. The number of nitrogens with zero attached hydrogens (tertiary/aromatic N) is 2. The number of aromatic nitrogens is 2. The highest BCUT2D eigenvalue weighted by Crippen LogP contribution is 2.27. The van der Waals surface area contributed by atoms with Crippen LogP contribution < -0.4 is 15.4 Å². The van der Waals surface area contributed by atoms with Crippen molar-refractivity contribution >= 4 is 28.3 Å². The van der Waals surface area contributed by atoms with Gasteiger partial charge in [0.1, 0.15) is 24.0 Å². The van der Waals surface area contributed by atoms with Crippen molar-refractivity contribution in [2.45, 2.75) is 25.5 Å². The van der Waals surface area contributed by atoms with Crippen molar-refractivity contribution in [2.24, 2.45) is 0 Å². The molecule has 4 aromatic rings. The Morgan fingerprint density at radius 2 is 1.78 bits per heavy atom. The lowest BCUT2D eigenvalue weighted by Crippen LogP contribution is -2.36. The normalized spacial score (nSPS) is 14.6. The molecule has 1 aliphatic heterocycles. The van der Waals surface area contributed by atoms with E-state index in [1.54, 1.807) is 30.3 Å². The Labute approximate surface area is 207 Å². The van der Waals surface area contributed by atoms with Crippen LogP contribution in [-0.2, 0) is 6.61 Å². The third-order valence-electron chi connectivity index (χ3n) is 6.33. The fourth-order valence-electron chi connectivity index (χ4n) is 4.33. The van der Waals surface area contributed by atoms with Crippen LogP contribution in [0.2, 0.25) is 0 Å². The average Bonchev–Trinajstić information content (AvgIpc) is 3.26. The molecule has 1 fully saturated rings. The lowest BCUT2D eigenvalue weighted by Gasteiger charge is -2.30. The molecule has 2 heterocycles. The number of anilines is 2. The number of halogens is 2. The maximum Gasteiger partial charge on any atom is 0.256 e. The number of nitrogens with one attached hydrogen (secondary N) is 3. The molecular formula is C27H27F2N5O2. The third kappa shape index (κ3) is 5.63. The smallest absolute Gasteiger partial charge is 0.256 e. The number of aromatic amines is 1. The maximum absolute atomic E-state index is 13.4. The topological polar surface area (TPSA) is 82.3 Å². The maximum atomic E-state index is 13.4. The van der Waals surface area contributed by atoms with Crippen molar-refractivity contribution in [1.29, 1.82) is 0 Å². The van der Waals surface area contributed by atoms with Crippen molar-refractivity contribution in [3.63, 3.8) is 0 Å². The van der Waals surface area contributed by atoms with Crippen LogP contribution >= 0.6 is 0 Å². The van der Waals surface area contributed by atoms with Crippen molar-refractivity contribution in [1.82, 2.24) is 15.1 Å². The van der Waals surface area contributed by atoms with Crippen LogP contribution in [0.4, 0.5) is 20.3 Å². The highest BCUT2D eigenvalue weighted by molar-refractivity contribution is 6.08. The number of amides is 1. The van der Waals surface area contributed by atoms with Gasteiger partial charge in [-0.05, 0) is 93.1 Å². The number of carbonyl (C=O) groups excluding carboxylic acids is 1. The Kier molecular flexibility index (Phi) is 6.81. The van der Waals surface area contributed by atoms with E-state index in [0.717, 1.165) is 37.7 Å². The Hall–Kier alpha value is -3.98. The SMILES string of the molecule is CN1CCC(Nc2ccc(C(=O)Nc3n[nH]c4ccc(OCc5cc(F)cc(F)c5)cc34)cc2)CC1. The van der Waals surface area contributed by atoms with Crippen LogP contribution in [0.1, 0.15) is 28.8 Å². The van der Waals surface area contributed by atoms with Gasteiger partial charge in [-0.25, -0.2) is 8.78 Å². The fraction of sp³-hybridized carbons (Fsp3) is 0.259. The number of piperidine rings is 1. The minimum absolute atomic E-state index is 0.00231. The summed E-state index contributed by atoms with van der Waals surface area (Å²) >= 11 is 0. The summed E-state index contributed by atoms with van der Waals surface area (Å²) in [6, 6.07) is 16.3. The van der Waals surface area contributed by atoms with Crippen LogP contribution in [0.15, 0.2) is 60.7 Å². The molecule has 3 N–H and O–H groups in total. The predicted molar refractivity (Wildman–Crippen MR) is 135 cm³/mol. The van der Waals surface area contributed by atoms with Gasteiger partial charge in [-0.1, -0.05) is 0 Å². The van der Waals surface area contributed by atoms with Gasteiger partial charge >= 0.3 is 0 Å². The van der Waals surface area contributed by atoms with Crippen molar-refractivity contribution in [2.75, 3.05) is 30.8 Å². The lowest BCUT2D eigenvalue weighted by molar-refractivity contribution is 0.102. The molecule has 1 amide bonds. The highest BCUT2D eigenvalue weighted by atomic mass is 19.1. The summed E-state index contributed by atoms with van der Waals surface area (Å²) in [5.74, 6) is -0.751. The standard InChI is InChI=1S/C27H27F2N5O2/c1-34-10-8-22(9-11-34)30-21-4-2-18(3-5-21)27(35)31-26-24-15-23(6-7-25(24)32-33-26)36-16-17-12-19(28)14-20(29)13-17/h2-7,12-15,22,30H,8-11,16H2,1H3,(H2,31,32,33,35). The Balaban J connectivity index is 1.23. The zero-order valence-corrected chi connectivity index (χ0v) is 19.9. The molecule has 0 unspecified atom stereocenters. The molecule has 0 aliphatic carbocycles. The van der Waals surface area contributed by atoms with E-state index in [-0.39, 0.29) is 12.5 Å². The van der Waals surface area contributed by atoms with Gasteiger partial charge in [-0.15, -0.1) is 0 Å². The van der Waals surface area contributed by atoms with Gasteiger partial charge in [-0.2, -0.15) is 5.10 Å². The molecule has 7 nitrogen and oxygen atoms in total. The number of fused-ring (bicyclic) bond motifs is 1. The summed E-state index contributed by atoms with van der Waals surface area (Å²) < 4.78 is 32.6. The van der Waals surface area contributed by atoms with E-state index in [1.165, 1.54) is 12.1 Å². The minimum atomic E-state index is -0.658. The summed E-state index contributed by atoms with van der Waals surface area (Å²) in [4.78, 5) is 15.2. The Morgan fingerprint density at radius 3 is 2.50 bits per heavy atom. The molecular weight excluding hydrogens is 464 g/mol. The lowest BCUT2D eigenvalue weighted by atomic mass is 10.0. The van der Waals surface area contributed by atoms with Crippen molar-refractivity contribution in [3.05, 3.63) is 83.4 Å². The first kappa shape index (κ1) is 23.7. The van der Waals surface area contributed by atoms with E-state index >= 15 is 0 Å². The fourth-order valence-corrected chi connectivity index (χ4v) is 4.33. The minimum Gasteiger partial charge on any atom is -0.489 e. The van der Waals surface area contributed by atoms with Crippen LogP contribution in [0, 0.1) is 11.6 Å². The van der Waals surface area contributed by atoms with Crippen LogP contribution in [0.3, 0.4) is 0 Å². The third-order valence-corrected chi connectivity index (χ3v) is 6.33. The number of H-pyrrole nitrogens is 1. The van der Waals surface area contributed by atoms with E-state index < -0.39 is 11.6 Å². The second-order valence-electron chi connectivity index (χ2n) is 9.10. The zero-order valence-electron chi connectivity index (χ0n) is 19.9. The molecule has 0 spiro atoms. The van der Waals surface area contributed by atoms with Gasteiger partial charge in [0.25, 0.3) is 5.91 Å². The van der Waals surface area contributed by atoms with Crippen LogP contribution in [0.5, 0.6) is 5.75 Å². The molecule has 3 aromatic carbocycles. The molecule has 5 rings (SSSR count). The quantitative estimate of drug-likeness (QED) is 0.332. The van der Waals surface area contributed by atoms with Gasteiger partial charge < -0.3 is 20.3 Å². The van der Waals surface area contributed by atoms with E-state index in [1.807, 2.05) is 12.1 Å². The summed E-state index contributed by atoms with van der Waals surface area (Å²) in [6.07, 6.45) is 2.19. The molecule has 36 heavy (non-hydrogen) atoms. The van der Waals surface area contributed by atoms with Crippen LogP contribution in [0.25, 0.3) is 10.9 Å². The molecule has 1 saturated heterocycles. The molecule has 0 bridgehead atoms. The van der Waals surface area contributed by atoms with E-state index in [0.29, 0.717) is 39.6 Å². The largest absolute Gasteiger partial charge is 0.489 e. The molecule has 0 radical (unpaired) electrons. The molecule has 1 aliphatic rings. The number of rotatable bonds is 7. The van der Waals surface area contributed by atoms with Gasteiger partial charge in [0, 0.05) is 28.7 Å². The van der Waals surface area contributed by atoms with Gasteiger partial charge in [0.2, 0.25) is 0 Å². The number of likely N-dealkylation sites (tertiary alicyclic amines) is 1. The van der Waals surface area contributed by atoms with Crippen LogP contribution in [-0.4, -0.2) is 47.2 Å². The summed E-state index contributed by atoms with van der Waals surface area (Å²) in [5.41, 5.74) is 2.60. The second-order valence-corrected chi connectivity index (χ2v) is 9.10. The van der Waals surface area contributed by atoms with Gasteiger partial charge in [0.15, 0.2) is 5.82 Å². The predicted octanol–water partition coefficient (Wildman–Crippen LogP) is 5.18. The summed E-state index contributed by atoms with van der Waals surface area (Å²) in [7, 11) is 2.13. The van der Waals surface area contributed by atoms with E-state index in [2.05, 4.69) is 32.8 Å². The van der Waals surface area contributed by atoms with E-state index in [4.69, 9.17) is 4.74 Å². The number of hydrogen-bond donors (Lipinski definition) is 3. The van der Waals surface area contributed by atoms with Gasteiger partial charge in [0.05, 0.1) is 5.52 Å². The second kappa shape index (κ2) is 10.3. The molecule has 0 atom stereocenters. The Bertz CT molecular complexity index is 1340. The number of carbonyl (C=O) groups is 1. The average molecular weight is 492 g/mol. The molecule has 0 saturated carbocycles. The van der Waals surface area contributed by atoms with Gasteiger partial charge in [-0.3, -0.25) is 9.89 Å². The number of benzene rings is 3. The first-order valence-electron chi connectivity index (χ1n) is 11.9. The first-order chi connectivity index (χ1) is 17.4. The van der Waals surface area contributed by atoms with Crippen molar-refractivity contribution in [3.8, 4) is 5.75 Å². The summed E-state index contributed by atoms with van der Waals surface area (Å²) in [6.45, 7) is 2.15. The number of hydrogen-bond acceptors (Lipinski definition) is 5.